The van der Waals surface area contributed by atoms with Crippen LogP contribution in [-0.2, 0) is 22.1 Å². The zero-order chi connectivity index (χ0) is 21.6. The molecule has 5 nitrogen and oxygen atoms in total. The molecule has 2 aliphatic heterocycles. The SMILES string of the molecule is O=C(C1OCCc2ccccc21)N1CCC(c2cc3nc(C(F)(F)F)ccc3[nH]2)CC1. The Morgan fingerprint density at radius 3 is 2.68 bits per heavy atom. The molecule has 1 amide bonds. The summed E-state index contributed by atoms with van der Waals surface area (Å²) in [6, 6.07) is 12.0. The number of nitrogens with one attached hydrogen (secondary N) is 1. The number of pyridine rings is 1. The quantitative estimate of drug-likeness (QED) is 0.648. The maximum atomic E-state index is 13.1. The van der Waals surface area contributed by atoms with Crippen LogP contribution in [-0.4, -0.2) is 40.5 Å². The average molecular weight is 429 g/mol. The van der Waals surface area contributed by atoms with Crippen molar-refractivity contribution in [2.45, 2.75) is 37.5 Å². The zero-order valence-corrected chi connectivity index (χ0v) is 16.8. The molecule has 5 rings (SSSR count). The third-order valence-corrected chi connectivity index (χ3v) is 6.25. The molecule has 4 heterocycles. The van der Waals surface area contributed by atoms with Gasteiger partial charge in [0, 0.05) is 24.7 Å². The summed E-state index contributed by atoms with van der Waals surface area (Å²) < 4.78 is 44.6. The van der Waals surface area contributed by atoms with E-state index in [9.17, 15) is 18.0 Å². The minimum absolute atomic E-state index is 0.0151. The molecule has 162 valence electrons. The van der Waals surface area contributed by atoms with Gasteiger partial charge < -0.3 is 14.6 Å². The number of benzene rings is 1. The summed E-state index contributed by atoms with van der Waals surface area (Å²) in [5.41, 5.74) is 2.99. The van der Waals surface area contributed by atoms with Crippen molar-refractivity contribution in [2.24, 2.45) is 0 Å². The van der Waals surface area contributed by atoms with Crippen LogP contribution in [0.15, 0.2) is 42.5 Å². The highest BCUT2D eigenvalue weighted by molar-refractivity contribution is 5.83. The van der Waals surface area contributed by atoms with Crippen LogP contribution < -0.4 is 0 Å². The Kier molecular flexibility index (Phi) is 4.97. The summed E-state index contributed by atoms with van der Waals surface area (Å²) >= 11 is 0. The normalized spacial score (nSPS) is 20.1. The number of likely N-dealkylation sites (tertiary alicyclic amines) is 1. The number of H-pyrrole nitrogens is 1. The van der Waals surface area contributed by atoms with Gasteiger partial charge in [-0.15, -0.1) is 0 Å². The molecule has 31 heavy (non-hydrogen) atoms. The number of hydrogen-bond acceptors (Lipinski definition) is 3. The predicted molar refractivity (Wildman–Crippen MR) is 108 cm³/mol. The molecule has 2 aromatic heterocycles. The second-order valence-corrected chi connectivity index (χ2v) is 8.15. The van der Waals surface area contributed by atoms with Crippen molar-refractivity contribution >= 4 is 16.9 Å². The van der Waals surface area contributed by atoms with Crippen molar-refractivity contribution in [3.63, 3.8) is 0 Å². The van der Waals surface area contributed by atoms with Crippen molar-refractivity contribution in [1.82, 2.24) is 14.9 Å². The predicted octanol–water partition coefficient (Wildman–Crippen LogP) is 4.60. The molecule has 0 radical (unpaired) electrons. The first-order chi connectivity index (χ1) is 14.9. The van der Waals surface area contributed by atoms with Crippen LogP contribution in [0.25, 0.3) is 11.0 Å². The number of rotatable bonds is 2. The molecule has 1 saturated heterocycles. The van der Waals surface area contributed by atoms with Gasteiger partial charge in [0.25, 0.3) is 5.91 Å². The van der Waals surface area contributed by atoms with Gasteiger partial charge in [0.2, 0.25) is 0 Å². The number of ether oxygens (including phenoxy) is 1. The van der Waals surface area contributed by atoms with Crippen molar-refractivity contribution in [3.05, 3.63) is 65.0 Å². The summed E-state index contributed by atoms with van der Waals surface area (Å²) in [7, 11) is 0. The Balaban J connectivity index is 1.28. The summed E-state index contributed by atoms with van der Waals surface area (Å²) in [5.74, 6) is 0.130. The summed E-state index contributed by atoms with van der Waals surface area (Å²) in [4.78, 5) is 21.9. The average Bonchev–Trinajstić information content (AvgIpc) is 3.21. The summed E-state index contributed by atoms with van der Waals surface area (Å²) in [5, 5.41) is 0. The maximum absolute atomic E-state index is 13.1. The fourth-order valence-corrected chi connectivity index (χ4v) is 4.58. The number of halogens is 3. The van der Waals surface area contributed by atoms with Gasteiger partial charge >= 0.3 is 6.18 Å². The lowest BCUT2D eigenvalue weighted by Gasteiger charge is -2.35. The number of nitrogens with zero attached hydrogens (tertiary/aromatic N) is 2. The number of alkyl halides is 3. The number of hydrogen-bond donors (Lipinski definition) is 1. The van der Waals surface area contributed by atoms with Crippen LogP contribution in [0.4, 0.5) is 13.2 Å². The molecule has 1 atom stereocenters. The van der Waals surface area contributed by atoms with Crippen LogP contribution in [0.3, 0.4) is 0 Å². The smallest absolute Gasteiger partial charge is 0.363 e. The van der Waals surface area contributed by atoms with Gasteiger partial charge in [0.15, 0.2) is 6.10 Å². The van der Waals surface area contributed by atoms with E-state index in [0.717, 1.165) is 42.1 Å². The Morgan fingerprint density at radius 1 is 1.13 bits per heavy atom. The first-order valence-electron chi connectivity index (χ1n) is 10.5. The summed E-state index contributed by atoms with van der Waals surface area (Å²) in [6.07, 6.45) is -2.73. The molecule has 8 heteroatoms. The Hall–Kier alpha value is -2.87. The molecule has 0 bridgehead atoms. The van der Waals surface area contributed by atoms with E-state index < -0.39 is 18.0 Å². The lowest BCUT2D eigenvalue weighted by Crippen LogP contribution is -2.42. The molecular formula is C23H22F3N3O2. The standard InChI is InChI=1S/C23H22F3N3O2/c24-23(25,26)20-6-5-17-19(28-20)13-18(27-17)15-7-10-29(11-8-15)22(30)21-16-4-2-1-3-14(16)9-12-31-21/h1-6,13,15,21,27H,7-12H2. The monoisotopic (exact) mass is 429 g/mol. The van der Waals surface area contributed by atoms with E-state index >= 15 is 0 Å². The fraction of sp³-hybridized carbons (Fsp3) is 0.391. The van der Waals surface area contributed by atoms with Gasteiger partial charge in [-0.3, -0.25) is 4.79 Å². The Labute approximate surface area is 177 Å². The van der Waals surface area contributed by atoms with Gasteiger partial charge in [-0.2, -0.15) is 13.2 Å². The first kappa shape index (κ1) is 20.1. The van der Waals surface area contributed by atoms with Crippen LogP contribution in [0.2, 0.25) is 0 Å². The molecule has 0 aliphatic carbocycles. The van der Waals surface area contributed by atoms with E-state index in [1.807, 2.05) is 29.2 Å². The largest absolute Gasteiger partial charge is 0.433 e. The molecule has 2 aliphatic rings. The summed E-state index contributed by atoms with van der Waals surface area (Å²) in [6.45, 7) is 1.70. The molecule has 1 fully saturated rings. The highest BCUT2D eigenvalue weighted by atomic mass is 19.4. The van der Waals surface area contributed by atoms with Crippen LogP contribution >= 0.6 is 0 Å². The second-order valence-electron chi connectivity index (χ2n) is 8.15. The molecule has 1 N–H and O–H groups in total. The topological polar surface area (TPSA) is 58.2 Å². The van der Waals surface area contributed by atoms with Crippen LogP contribution in [0, 0.1) is 0 Å². The van der Waals surface area contributed by atoms with Gasteiger partial charge in [-0.25, -0.2) is 4.98 Å². The molecule has 0 spiro atoms. The van der Waals surface area contributed by atoms with Gasteiger partial charge in [-0.05, 0) is 48.6 Å². The van der Waals surface area contributed by atoms with E-state index in [2.05, 4.69) is 9.97 Å². The number of aromatic amines is 1. The molecular weight excluding hydrogens is 407 g/mol. The van der Waals surface area contributed by atoms with Crippen molar-refractivity contribution in [3.8, 4) is 0 Å². The first-order valence-corrected chi connectivity index (χ1v) is 10.5. The fourth-order valence-electron chi connectivity index (χ4n) is 4.58. The molecule has 0 saturated carbocycles. The van der Waals surface area contributed by atoms with E-state index in [1.54, 1.807) is 6.07 Å². The van der Waals surface area contributed by atoms with Crippen molar-refractivity contribution < 1.29 is 22.7 Å². The number of aromatic nitrogens is 2. The molecule has 1 aromatic carbocycles. The van der Waals surface area contributed by atoms with Crippen molar-refractivity contribution in [1.29, 1.82) is 0 Å². The number of fused-ring (bicyclic) bond motifs is 2. The number of amides is 1. The third-order valence-electron chi connectivity index (χ3n) is 6.25. The number of piperidine rings is 1. The Morgan fingerprint density at radius 2 is 1.90 bits per heavy atom. The number of carbonyl (C=O) groups excluding carboxylic acids is 1. The highest BCUT2D eigenvalue weighted by Gasteiger charge is 2.34. The minimum Gasteiger partial charge on any atom is -0.363 e. The zero-order valence-electron chi connectivity index (χ0n) is 16.8. The van der Waals surface area contributed by atoms with E-state index in [1.165, 1.54) is 6.07 Å². The van der Waals surface area contributed by atoms with Gasteiger partial charge in [-0.1, -0.05) is 24.3 Å². The lowest BCUT2D eigenvalue weighted by atomic mass is 9.92. The van der Waals surface area contributed by atoms with Crippen LogP contribution in [0.1, 0.15) is 47.4 Å². The molecule has 3 aromatic rings. The van der Waals surface area contributed by atoms with Crippen LogP contribution in [0.5, 0.6) is 0 Å². The minimum atomic E-state index is -4.46. The van der Waals surface area contributed by atoms with E-state index in [-0.39, 0.29) is 11.8 Å². The van der Waals surface area contributed by atoms with Gasteiger partial charge in [0.1, 0.15) is 5.69 Å². The van der Waals surface area contributed by atoms with Crippen molar-refractivity contribution in [2.75, 3.05) is 19.7 Å². The van der Waals surface area contributed by atoms with E-state index in [4.69, 9.17) is 4.74 Å². The lowest BCUT2D eigenvalue weighted by molar-refractivity contribution is -0.146. The second kappa shape index (κ2) is 7.67. The number of carbonyl (C=O) groups is 1. The maximum Gasteiger partial charge on any atom is 0.433 e. The van der Waals surface area contributed by atoms with E-state index in [0.29, 0.717) is 30.7 Å². The Bertz CT molecular complexity index is 1120. The third kappa shape index (κ3) is 3.80. The van der Waals surface area contributed by atoms with Gasteiger partial charge in [0.05, 0.1) is 17.6 Å². The molecule has 1 unspecified atom stereocenters. The highest BCUT2D eigenvalue weighted by Crippen LogP contribution is 2.34.